The molecule has 2 heterocycles. The van der Waals surface area contributed by atoms with E-state index in [0.717, 1.165) is 17.2 Å². The van der Waals surface area contributed by atoms with E-state index < -0.39 is 0 Å². The number of rotatable bonds is 7. The van der Waals surface area contributed by atoms with Gasteiger partial charge in [0, 0.05) is 38.1 Å². The second-order valence-electron chi connectivity index (χ2n) is 5.43. The van der Waals surface area contributed by atoms with Crippen LogP contribution >= 0.6 is 11.3 Å². The summed E-state index contributed by atoms with van der Waals surface area (Å²) in [6.07, 6.45) is 4.24. The van der Waals surface area contributed by atoms with Crippen LogP contribution in [0.2, 0.25) is 0 Å². The van der Waals surface area contributed by atoms with Gasteiger partial charge in [0.05, 0.1) is 12.8 Å². The third-order valence-electron chi connectivity index (χ3n) is 3.19. The Morgan fingerprint density at radius 3 is 2.88 bits per heavy atom. The average molecular weight is 349 g/mol. The Hall–Kier alpha value is -2.35. The summed E-state index contributed by atoms with van der Waals surface area (Å²) < 4.78 is 5.31. The zero-order valence-corrected chi connectivity index (χ0v) is 15.0. The van der Waals surface area contributed by atoms with Crippen LogP contribution in [-0.4, -0.2) is 48.9 Å². The summed E-state index contributed by atoms with van der Waals surface area (Å²) in [5, 5.41) is 7.40. The molecule has 0 fully saturated rings. The van der Waals surface area contributed by atoms with Gasteiger partial charge in [-0.25, -0.2) is 9.98 Å². The molecule has 0 aliphatic carbocycles. The SMILES string of the molecule is Cc1cnc(CNC(=NCC(=O)N(C)C)NCCc2ccco2)s1. The summed E-state index contributed by atoms with van der Waals surface area (Å²) in [6, 6.07) is 3.79. The molecule has 0 aliphatic heterocycles. The highest BCUT2D eigenvalue weighted by Gasteiger charge is 2.06. The molecule has 0 radical (unpaired) electrons. The van der Waals surface area contributed by atoms with Gasteiger partial charge in [0.1, 0.15) is 17.3 Å². The van der Waals surface area contributed by atoms with E-state index in [-0.39, 0.29) is 12.5 Å². The molecule has 8 heteroatoms. The second kappa shape index (κ2) is 9.07. The predicted octanol–water partition coefficient (Wildman–Crippen LogP) is 1.41. The molecule has 0 aromatic carbocycles. The lowest BCUT2D eigenvalue weighted by atomic mass is 10.3. The number of nitrogens with one attached hydrogen (secondary N) is 2. The molecule has 0 atom stereocenters. The lowest BCUT2D eigenvalue weighted by Crippen LogP contribution is -2.39. The minimum Gasteiger partial charge on any atom is -0.469 e. The maximum atomic E-state index is 11.7. The number of furan rings is 1. The molecule has 0 saturated carbocycles. The zero-order valence-electron chi connectivity index (χ0n) is 14.2. The first-order valence-corrected chi connectivity index (χ1v) is 8.52. The van der Waals surface area contributed by atoms with Crippen LogP contribution < -0.4 is 10.6 Å². The molecule has 2 aromatic heterocycles. The van der Waals surface area contributed by atoms with E-state index in [0.29, 0.717) is 19.0 Å². The maximum Gasteiger partial charge on any atom is 0.243 e. The Morgan fingerprint density at radius 1 is 1.42 bits per heavy atom. The van der Waals surface area contributed by atoms with Gasteiger partial charge in [0.25, 0.3) is 0 Å². The topological polar surface area (TPSA) is 82.8 Å². The van der Waals surface area contributed by atoms with Gasteiger partial charge in [-0.05, 0) is 19.1 Å². The second-order valence-corrected chi connectivity index (χ2v) is 6.75. The summed E-state index contributed by atoms with van der Waals surface area (Å²) in [5.74, 6) is 1.44. The van der Waals surface area contributed by atoms with Crippen LogP contribution in [0.4, 0.5) is 0 Å². The van der Waals surface area contributed by atoms with E-state index in [9.17, 15) is 4.79 Å². The molecule has 2 rings (SSSR count). The van der Waals surface area contributed by atoms with Crippen molar-refractivity contribution in [1.29, 1.82) is 0 Å². The lowest BCUT2D eigenvalue weighted by Gasteiger charge is -2.12. The van der Waals surface area contributed by atoms with Crippen molar-refractivity contribution in [2.24, 2.45) is 4.99 Å². The van der Waals surface area contributed by atoms with Gasteiger partial charge in [0.2, 0.25) is 5.91 Å². The average Bonchev–Trinajstić information content (AvgIpc) is 3.20. The Labute approximate surface area is 145 Å². The van der Waals surface area contributed by atoms with Crippen molar-refractivity contribution in [2.45, 2.75) is 19.9 Å². The first-order chi connectivity index (χ1) is 11.5. The number of amides is 1. The van der Waals surface area contributed by atoms with Gasteiger partial charge >= 0.3 is 0 Å². The minimum atomic E-state index is -0.0489. The van der Waals surface area contributed by atoms with Crippen molar-refractivity contribution in [3.8, 4) is 0 Å². The van der Waals surface area contributed by atoms with Crippen molar-refractivity contribution < 1.29 is 9.21 Å². The van der Waals surface area contributed by atoms with Crippen molar-refractivity contribution in [3.05, 3.63) is 40.2 Å². The summed E-state index contributed by atoms with van der Waals surface area (Å²) in [7, 11) is 3.43. The van der Waals surface area contributed by atoms with Crippen LogP contribution in [0.3, 0.4) is 0 Å². The lowest BCUT2D eigenvalue weighted by molar-refractivity contribution is -0.127. The molecule has 24 heavy (non-hydrogen) atoms. The largest absolute Gasteiger partial charge is 0.469 e. The Bertz CT molecular complexity index is 664. The summed E-state index contributed by atoms with van der Waals surface area (Å²) >= 11 is 1.63. The molecule has 130 valence electrons. The number of hydrogen-bond donors (Lipinski definition) is 2. The van der Waals surface area contributed by atoms with Crippen molar-refractivity contribution in [1.82, 2.24) is 20.5 Å². The molecule has 0 unspecified atom stereocenters. The normalized spacial score (nSPS) is 11.4. The first kappa shape index (κ1) is 18.0. The number of thiazole rings is 1. The van der Waals surface area contributed by atoms with E-state index in [4.69, 9.17) is 4.42 Å². The number of aliphatic imine (C=N–C) groups is 1. The minimum absolute atomic E-state index is 0.0489. The molecular formula is C16H23N5O2S. The number of guanidine groups is 1. The summed E-state index contributed by atoms with van der Waals surface area (Å²) in [4.78, 5) is 23.1. The highest BCUT2D eigenvalue weighted by Crippen LogP contribution is 2.10. The highest BCUT2D eigenvalue weighted by atomic mass is 32.1. The third kappa shape index (κ3) is 6.04. The molecular weight excluding hydrogens is 326 g/mol. The van der Waals surface area contributed by atoms with Crippen LogP contribution in [0.25, 0.3) is 0 Å². The number of carbonyl (C=O) groups is 1. The van der Waals surface area contributed by atoms with Crippen molar-refractivity contribution in [3.63, 3.8) is 0 Å². The molecule has 0 aliphatic rings. The number of likely N-dealkylation sites (N-methyl/N-ethyl adjacent to an activating group) is 1. The molecule has 2 N–H and O–H groups in total. The van der Waals surface area contributed by atoms with Crippen molar-refractivity contribution in [2.75, 3.05) is 27.2 Å². The third-order valence-corrected chi connectivity index (χ3v) is 4.10. The monoisotopic (exact) mass is 349 g/mol. The number of hydrogen-bond acceptors (Lipinski definition) is 5. The molecule has 7 nitrogen and oxygen atoms in total. The van der Waals surface area contributed by atoms with Gasteiger partial charge in [0.15, 0.2) is 5.96 Å². The quantitative estimate of drug-likeness (QED) is 0.583. The number of aromatic nitrogens is 1. The van der Waals surface area contributed by atoms with Gasteiger partial charge in [-0.3, -0.25) is 4.79 Å². The van der Waals surface area contributed by atoms with Crippen LogP contribution in [0.1, 0.15) is 15.6 Å². The number of nitrogens with zero attached hydrogens (tertiary/aromatic N) is 3. The smallest absolute Gasteiger partial charge is 0.243 e. The number of aryl methyl sites for hydroxylation is 1. The molecule has 0 saturated heterocycles. The zero-order chi connectivity index (χ0) is 17.4. The van der Waals surface area contributed by atoms with Gasteiger partial charge in [-0.2, -0.15) is 0 Å². The Morgan fingerprint density at radius 2 is 2.25 bits per heavy atom. The fourth-order valence-electron chi connectivity index (χ4n) is 1.86. The fraction of sp³-hybridized carbons (Fsp3) is 0.438. The summed E-state index contributed by atoms with van der Waals surface area (Å²) in [5.41, 5.74) is 0. The van der Waals surface area contributed by atoms with Gasteiger partial charge in [-0.15, -0.1) is 11.3 Å². The predicted molar refractivity (Wildman–Crippen MR) is 95.1 cm³/mol. The molecule has 0 spiro atoms. The van der Waals surface area contributed by atoms with E-state index >= 15 is 0 Å². The standard InChI is InChI=1S/C16H23N5O2S/c1-12-9-18-14(24-12)10-19-16(20-11-15(22)21(2)3)17-7-6-13-5-4-8-23-13/h4-5,8-9H,6-7,10-11H2,1-3H3,(H2,17,19,20). The maximum absolute atomic E-state index is 11.7. The van der Waals surface area contributed by atoms with E-state index in [1.54, 1.807) is 31.7 Å². The van der Waals surface area contributed by atoms with E-state index in [1.807, 2.05) is 25.3 Å². The van der Waals surface area contributed by atoms with Crippen molar-refractivity contribution >= 4 is 23.2 Å². The first-order valence-electron chi connectivity index (χ1n) is 7.70. The van der Waals surface area contributed by atoms with Crippen LogP contribution in [0.15, 0.2) is 34.0 Å². The Balaban J connectivity index is 1.89. The summed E-state index contributed by atoms with van der Waals surface area (Å²) in [6.45, 7) is 3.35. The molecule has 2 aromatic rings. The Kier molecular flexibility index (Phi) is 6.80. The van der Waals surface area contributed by atoms with E-state index in [1.165, 1.54) is 9.78 Å². The number of carbonyl (C=O) groups excluding carboxylic acids is 1. The highest BCUT2D eigenvalue weighted by molar-refractivity contribution is 7.11. The van der Waals surface area contributed by atoms with E-state index in [2.05, 4.69) is 20.6 Å². The molecule has 0 bridgehead atoms. The van der Waals surface area contributed by atoms with Gasteiger partial charge < -0.3 is 20.0 Å². The molecule has 1 amide bonds. The fourth-order valence-corrected chi connectivity index (χ4v) is 2.59. The van der Waals surface area contributed by atoms with Crippen LogP contribution in [0.5, 0.6) is 0 Å². The van der Waals surface area contributed by atoms with Gasteiger partial charge in [-0.1, -0.05) is 0 Å². The van der Waals surface area contributed by atoms with Crippen LogP contribution in [0, 0.1) is 6.92 Å². The van der Waals surface area contributed by atoms with Crippen LogP contribution in [-0.2, 0) is 17.8 Å².